The number of nitrogens with zero attached hydrogens (tertiary/aromatic N) is 4. The Labute approximate surface area is 207 Å². The average Bonchev–Trinajstić information content (AvgIpc) is 3.34. The molecule has 0 aliphatic carbocycles. The molecule has 1 amide bonds. The van der Waals surface area contributed by atoms with Crippen LogP contribution in [-0.2, 0) is 7.05 Å². The SMILES string of the molecule is Cc1ccc(C(=O)Nc2nccs2)cc1-c1cc2cnnc(-c3ccc(F)cc3Cl)c2n(C)c1=O. The number of thiazole rings is 1. The minimum absolute atomic E-state index is 0.165. The summed E-state index contributed by atoms with van der Waals surface area (Å²) in [5, 5.41) is 14.1. The van der Waals surface area contributed by atoms with E-state index < -0.39 is 5.82 Å². The van der Waals surface area contributed by atoms with Crippen LogP contribution in [0.5, 0.6) is 0 Å². The number of aromatic nitrogens is 4. The second-order valence-corrected chi connectivity index (χ2v) is 9.17. The molecule has 0 atom stereocenters. The molecule has 174 valence electrons. The van der Waals surface area contributed by atoms with Gasteiger partial charge in [-0.1, -0.05) is 17.7 Å². The normalized spacial score (nSPS) is 11.1. The number of benzene rings is 2. The van der Waals surface area contributed by atoms with E-state index in [-0.39, 0.29) is 16.5 Å². The molecule has 35 heavy (non-hydrogen) atoms. The summed E-state index contributed by atoms with van der Waals surface area (Å²) in [4.78, 5) is 30.3. The summed E-state index contributed by atoms with van der Waals surface area (Å²) in [7, 11) is 1.63. The standard InChI is InChI=1S/C25H17ClFN5O2S/c1-13-3-4-14(23(33)30-25-28-7-8-35-25)9-18(13)19-10-15-12-29-31-21(22(15)32(2)24(19)34)17-6-5-16(27)11-20(17)26/h3-12H,1-2H3,(H,28,30,33). The van der Waals surface area contributed by atoms with Gasteiger partial charge >= 0.3 is 0 Å². The maximum absolute atomic E-state index is 13.6. The summed E-state index contributed by atoms with van der Waals surface area (Å²) in [6, 6.07) is 10.9. The van der Waals surface area contributed by atoms with Gasteiger partial charge in [-0.15, -0.1) is 16.4 Å². The Kier molecular flexibility index (Phi) is 5.88. The molecule has 0 saturated heterocycles. The Morgan fingerprint density at radius 1 is 1.11 bits per heavy atom. The fraction of sp³-hybridized carbons (Fsp3) is 0.0800. The maximum Gasteiger partial charge on any atom is 0.258 e. The predicted octanol–water partition coefficient (Wildman–Crippen LogP) is 5.47. The second-order valence-electron chi connectivity index (χ2n) is 7.86. The van der Waals surface area contributed by atoms with Gasteiger partial charge in [0.2, 0.25) is 0 Å². The fourth-order valence-corrected chi connectivity index (χ4v) is 4.70. The lowest BCUT2D eigenvalue weighted by atomic mass is 9.97. The first kappa shape index (κ1) is 22.8. The molecule has 1 N–H and O–H groups in total. The van der Waals surface area contributed by atoms with Gasteiger partial charge in [0.25, 0.3) is 11.5 Å². The van der Waals surface area contributed by atoms with Crippen LogP contribution in [0.4, 0.5) is 9.52 Å². The van der Waals surface area contributed by atoms with E-state index >= 15 is 0 Å². The van der Waals surface area contributed by atoms with Crippen molar-refractivity contribution in [2.75, 3.05) is 5.32 Å². The summed E-state index contributed by atoms with van der Waals surface area (Å²) < 4.78 is 15.1. The van der Waals surface area contributed by atoms with E-state index in [9.17, 15) is 14.0 Å². The number of aryl methyl sites for hydroxylation is 2. The van der Waals surface area contributed by atoms with Crippen molar-refractivity contribution in [3.05, 3.63) is 92.6 Å². The lowest BCUT2D eigenvalue weighted by Gasteiger charge is -2.14. The Morgan fingerprint density at radius 3 is 2.69 bits per heavy atom. The van der Waals surface area contributed by atoms with E-state index in [4.69, 9.17) is 11.6 Å². The number of carbonyl (C=O) groups excluding carboxylic acids is 1. The Bertz CT molecular complexity index is 1670. The Morgan fingerprint density at radius 2 is 1.94 bits per heavy atom. The summed E-state index contributed by atoms with van der Waals surface area (Å²) in [6.07, 6.45) is 3.16. The van der Waals surface area contributed by atoms with Gasteiger partial charge in [-0.05, 0) is 54.4 Å². The van der Waals surface area contributed by atoms with Crippen LogP contribution in [0.25, 0.3) is 33.3 Å². The first-order chi connectivity index (χ1) is 16.8. The highest BCUT2D eigenvalue weighted by Gasteiger charge is 2.19. The van der Waals surface area contributed by atoms with E-state index in [1.54, 1.807) is 49.1 Å². The number of pyridine rings is 1. The van der Waals surface area contributed by atoms with Crippen molar-refractivity contribution in [3.63, 3.8) is 0 Å². The average molecular weight is 506 g/mol. The minimum atomic E-state index is -0.475. The van der Waals surface area contributed by atoms with E-state index in [0.29, 0.717) is 44.0 Å². The molecule has 0 radical (unpaired) electrons. The number of carbonyl (C=O) groups is 1. The van der Waals surface area contributed by atoms with Crippen molar-refractivity contribution < 1.29 is 9.18 Å². The number of halogens is 2. The molecule has 0 aliphatic heterocycles. The molecule has 7 nitrogen and oxygen atoms in total. The molecule has 2 aromatic carbocycles. The number of hydrogen-bond acceptors (Lipinski definition) is 6. The van der Waals surface area contributed by atoms with Gasteiger partial charge in [-0.25, -0.2) is 9.37 Å². The maximum atomic E-state index is 13.6. The number of amides is 1. The Balaban J connectivity index is 1.65. The van der Waals surface area contributed by atoms with Gasteiger partial charge in [0.15, 0.2) is 5.13 Å². The molecular weight excluding hydrogens is 489 g/mol. The molecule has 0 spiro atoms. The first-order valence-corrected chi connectivity index (χ1v) is 11.7. The van der Waals surface area contributed by atoms with E-state index in [2.05, 4.69) is 20.5 Å². The lowest BCUT2D eigenvalue weighted by Crippen LogP contribution is -2.20. The largest absolute Gasteiger partial charge is 0.309 e. The van der Waals surface area contributed by atoms with Gasteiger partial charge in [-0.3, -0.25) is 14.9 Å². The third-order valence-electron chi connectivity index (χ3n) is 5.65. The fourth-order valence-electron chi connectivity index (χ4n) is 3.92. The van der Waals surface area contributed by atoms with E-state index in [0.717, 1.165) is 5.56 Å². The molecule has 0 bridgehead atoms. The van der Waals surface area contributed by atoms with Crippen molar-refractivity contribution in [2.45, 2.75) is 6.92 Å². The molecule has 0 fully saturated rings. The van der Waals surface area contributed by atoms with Crippen LogP contribution >= 0.6 is 22.9 Å². The van der Waals surface area contributed by atoms with Gasteiger partial charge in [0.1, 0.15) is 11.5 Å². The molecule has 0 unspecified atom stereocenters. The third kappa shape index (κ3) is 4.20. The van der Waals surface area contributed by atoms with Crippen LogP contribution in [0.15, 0.2) is 65.0 Å². The monoisotopic (exact) mass is 505 g/mol. The molecule has 10 heteroatoms. The first-order valence-electron chi connectivity index (χ1n) is 10.5. The van der Waals surface area contributed by atoms with Crippen molar-refractivity contribution in [2.24, 2.45) is 7.05 Å². The highest BCUT2D eigenvalue weighted by atomic mass is 35.5. The van der Waals surface area contributed by atoms with Crippen LogP contribution < -0.4 is 10.9 Å². The zero-order chi connectivity index (χ0) is 24.7. The van der Waals surface area contributed by atoms with Gasteiger partial charge in [-0.2, -0.15) is 5.10 Å². The smallest absolute Gasteiger partial charge is 0.258 e. The summed E-state index contributed by atoms with van der Waals surface area (Å²) in [5.41, 5.74) is 3.31. The van der Waals surface area contributed by atoms with Crippen LogP contribution in [0.2, 0.25) is 5.02 Å². The zero-order valence-corrected chi connectivity index (χ0v) is 20.1. The van der Waals surface area contributed by atoms with Crippen molar-refractivity contribution in [1.29, 1.82) is 0 Å². The molecule has 5 rings (SSSR count). The van der Waals surface area contributed by atoms with E-state index in [1.165, 1.54) is 34.1 Å². The molecule has 3 heterocycles. The topological polar surface area (TPSA) is 89.8 Å². The van der Waals surface area contributed by atoms with Crippen molar-refractivity contribution in [1.82, 2.24) is 19.7 Å². The van der Waals surface area contributed by atoms with Gasteiger partial charge in [0, 0.05) is 40.7 Å². The summed E-state index contributed by atoms with van der Waals surface area (Å²) >= 11 is 7.58. The predicted molar refractivity (Wildman–Crippen MR) is 135 cm³/mol. The third-order valence-corrected chi connectivity index (χ3v) is 6.65. The van der Waals surface area contributed by atoms with Crippen LogP contribution in [-0.4, -0.2) is 25.7 Å². The Hall–Kier alpha value is -3.95. The second kappa shape index (κ2) is 9.01. The lowest BCUT2D eigenvalue weighted by molar-refractivity contribution is 0.102. The van der Waals surface area contributed by atoms with Crippen molar-refractivity contribution >= 4 is 44.9 Å². The van der Waals surface area contributed by atoms with Crippen LogP contribution in [0.3, 0.4) is 0 Å². The molecule has 5 aromatic rings. The summed E-state index contributed by atoms with van der Waals surface area (Å²) in [6.45, 7) is 1.87. The van der Waals surface area contributed by atoms with Gasteiger partial charge < -0.3 is 4.57 Å². The number of nitrogens with one attached hydrogen (secondary N) is 1. The number of anilines is 1. The molecular formula is C25H17ClFN5O2S. The highest BCUT2D eigenvalue weighted by molar-refractivity contribution is 7.13. The van der Waals surface area contributed by atoms with Gasteiger partial charge in [0.05, 0.1) is 16.7 Å². The number of fused-ring (bicyclic) bond motifs is 1. The van der Waals surface area contributed by atoms with Crippen LogP contribution in [0, 0.1) is 12.7 Å². The summed E-state index contributed by atoms with van der Waals surface area (Å²) in [5.74, 6) is -0.796. The van der Waals surface area contributed by atoms with Crippen LogP contribution in [0.1, 0.15) is 15.9 Å². The molecule has 0 aliphatic rings. The number of rotatable bonds is 4. The zero-order valence-electron chi connectivity index (χ0n) is 18.5. The van der Waals surface area contributed by atoms with Crippen molar-refractivity contribution in [3.8, 4) is 22.4 Å². The quantitative estimate of drug-likeness (QED) is 0.349. The van der Waals surface area contributed by atoms with E-state index in [1.807, 2.05) is 6.92 Å². The molecule has 0 saturated carbocycles. The molecule has 3 aromatic heterocycles. The minimum Gasteiger partial charge on any atom is -0.309 e. The number of hydrogen-bond donors (Lipinski definition) is 1. The highest BCUT2D eigenvalue weighted by Crippen LogP contribution is 2.33.